The molecule has 3 aromatic rings. The van der Waals surface area contributed by atoms with E-state index in [9.17, 15) is 13.2 Å². The highest BCUT2D eigenvalue weighted by molar-refractivity contribution is 7.89. The molecule has 2 aromatic heterocycles. The van der Waals surface area contributed by atoms with Crippen LogP contribution in [0.4, 0.5) is 5.69 Å². The summed E-state index contributed by atoms with van der Waals surface area (Å²) >= 11 is 0. The topological polar surface area (TPSA) is 97.2 Å². The average Bonchev–Trinajstić information content (AvgIpc) is 3.33. The van der Waals surface area contributed by atoms with Gasteiger partial charge in [0.05, 0.1) is 16.8 Å². The Bertz CT molecular complexity index is 1100. The molecule has 3 heterocycles. The number of aromatic nitrogens is 3. The molecule has 8 nitrogen and oxygen atoms in total. The van der Waals surface area contributed by atoms with E-state index in [0.29, 0.717) is 35.5 Å². The standard InChI is InChI=1S/C18H19N5O3S/c1-22-12-20-16-10-13(11-19-17(16)22)18(24)21-14-4-6-15(7-5-14)27(25,26)23-8-2-3-9-23/h4-7,10-12H,2-3,8-9H2,1H3,(H,21,24). The summed E-state index contributed by atoms with van der Waals surface area (Å²) in [5.41, 5.74) is 2.23. The van der Waals surface area contributed by atoms with Crippen molar-refractivity contribution in [3.63, 3.8) is 0 Å². The molecule has 9 heteroatoms. The molecule has 0 saturated carbocycles. The molecule has 0 bridgehead atoms. The highest BCUT2D eigenvalue weighted by Gasteiger charge is 2.26. The van der Waals surface area contributed by atoms with Crippen molar-refractivity contribution >= 4 is 32.8 Å². The molecule has 1 N–H and O–H groups in total. The van der Waals surface area contributed by atoms with E-state index in [1.54, 1.807) is 29.1 Å². The molecule has 1 saturated heterocycles. The maximum atomic E-state index is 12.5. The fourth-order valence-electron chi connectivity index (χ4n) is 3.13. The van der Waals surface area contributed by atoms with Crippen LogP contribution in [0.15, 0.2) is 47.8 Å². The molecule has 1 aliphatic rings. The lowest BCUT2D eigenvalue weighted by Gasteiger charge is -2.15. The molecule has 140 valence electrons. The van der Waals surface area contributed by atoms with Gasteiger partial charge in [0.25, 0.3) is 5.91 Å². The lowest BCUT2D eigenvalue weighted by molar-refractivity contribution is 0.102. The molecule has 0 radical (unpaired) electrons. The first-order chi connectivity index (χ1) is 12.9. The second-order valence-corrected chi connectivity index (χ2v) is 8.45. The van der Waals surface area contributed by atoms with E-state index < -0.39 is 10.0 Å². The summed E-state index contributed by atoms with van der Waals surface area (Å²) in [4.78, 5) is 21.1. The van der Waals surface area contributed by atoms with Gasteiger partial charge in [-0.3, -0.25) is 4.79 Å². The van der Waals surface area contributed by atoms with Crippen LogP contribution in [0, 0.1) is 0 Å². The van der Waals surface area contributed by atoms with E-state index in [4.69, 9.17) is 0 Å². The molecule has 0 aliphatic carbocycles. The van der Waals surface area contributed by atoms with Crippen molar-refractivity contribution < 1.29 is 13.2 Å². The smallest absolute Gasteiger partial charge is 0.257 e. The molecule has 1 aliphatic heterocycles. The summed E-state index contributed by atoms with van der Waals surface area (Å²) in [6, 6.07) is 7.89. The minimum absolute atomic E-state index is 0.235. The zero-order valence-electron chi connectivity index (χ0n) is 14.8. The fraction of sp³-hybridized carbons (Fsp3) is 0.278. The Kier molecular flexibility index (Phi) is 4.40. The first kappa shape index (κ1) is 17.6. The van der Waals surface area contributed by atoms with Gasteiger partial charge in [0.2, 0.25) is 10.0 Å². The number of benzene rings is 1. The Labute approximate surface area is 156 Å². The number of carbonyl (C=O) groups is 1. The quantitative estimate of drug-likeness (QED) is 0.741. The minimum atomic E-state index is -3.46. The predicted molar refractivity (Wildman–Crippen MR) is 101 cm³/mol. The lowest BCUT2D eigenvalue weighted by atomic mass is 10.2. The molecule has 1 amide bonds. The third kappa shape index (κ3) is 3.31. The van der Waals surface area contributed by atoms with Crippen molar-refractivity contribution in [2.24, 2.45) is 7.05 Å². The van der Waals surface area contributed by atoms with E-state index in [1.807, 2.05) is 7.05 Å². The number of amides is 1. The Morgan fingerprint density at radius 3 is 2.52 bits per heavy atom. The molecular weight excluding hydrogens is 366 g/mol. The van der Waals surface area contributed by atoms with Gasteiger partial charge >= 0.3 is 0 Å². The molecule has 1 fully saturated rings. The summed E-state index contributed by atoms with van der Waals surface area (Å²) in [5, 5.41) is 2.76. The van der Waals surface area contributed by atoms with Crippen LogP contribution < -0.4 is 5.32 Å². The number of aryl methyl sites for hydroxylation is 1. The molecule has 0 spiro atoms. The number of sulfonamides is 1. The molecule has 1 aromatic carbocycles. The fourth-order valence-corrected chi connectivity index (χ4v) is 4.65. The van der Waals surface area contributed by atoms with Crippen LogP contribution in [-0.2, 0) is 17.1 Å². The first-order valence-electron chi connectivity index (χ1n) is 8.64. The predicted octanol–water partition coefficient (Wildman–Crippen LogP) is 2.01. The Morgan fingerprint density at radius 1 is 1.11 bits per heavy atom. The lowest BCUT2D eigenvalue weighted by Crippen LogP contribution is -2.27. The van der Waals surface area contributed by atoms with Gasteiger partial charge in [-0.15, -0.1) is 0 Å². The van der Waals surface area contributed by atoms with Gasteiger partial charge < -0.3 is 9.88 Å². The summed E-state index contributed by atoms with van der Waals surface area (Å²) in [6.07, 6.45) is 4.91. The number of nitrogens with zero attached hydrogens (tertiary/aromatic N) is 4. The number of imidazole rings is 1. The second kappa shape index (κ2) is 6.75. The van der Waals surface area contributed by atoms with Crippen LogP contribution in [-0.4, -0.2) is 46.3 Å². The van der Waals surface area contributed by atoms with Gasteiger partial charge in [0, 0.05) is 32.0 Å². The zero-order valence-corrected chi connectivity index (χ0v) is 15.6. The summed E-state index contributed by atoms with van der Waals surface area (Å²) in [6.45, 7) is 1.12. The van der Waals surface area contributed by atoms with Gasteiger partial charge in [-0.05, 0) is 43.2 Å². The van der Waals surface area contributed by atoms with Crippen LogP contribution >= 0.6 is 0 Å². The summed E-state index contributed by atoms with van der Waals surface area (Å²) in [7, 11) is -1.62. The van der Waals surface area contributed by atoms with Gasteiger partial charge in [-0.25, -0.2) is 18.4 Å². The maximum Gasteiger partial charge on any atom is 0.257 e. The third-order valence-electron chi connectivity index (χ3n) is 4.63. The minimum Gasteiger partial charge on any atom is -0.322 e. The molecule has 4 rings (SSSR count). The molecule has 0 unspecified atom stereocenters. The largest absolute Gasteiger partial charge is 0.322 e. The number of carbonyl (C=O) groups excluding carboxylic acids is 1. The Morgan fingerprint density at radius 2 is 1.81 bits per heavy atom. The van der Waals surface area contributed by atoms with E-state index in [-0.39, 0.29) is 10.8 Å². The monoisotopic (exact) mass is 385 g/mol. The van der Waals surface area contributed by atoms with Crippen LogP contribution in [0.5, 0.6) is 0 Å². The van der Waals surface area contributed by atoms with Crippen LogP contribution in [0.25, 0.3) is 11.2 Å². The van der Waals surface area contributed by atoms with Gasteiger partial charge in [0.15, 0.2) is 5.65 Å². The van der Waals surface area contributed by atoms with Crippen LogP contribution in [0.1, 0.15) is 23.2 Å². The van der Waals surface area contributed by atoms with E-state index in [1.165, 1.54) is 22.6 Å². The SMILES string of the molecule is Cn1cnc2cc(C(=O)Nc3ccc(S(=O)(=O)N4CCCC4)cc3)cnc21. The molecular formula is C18H19N5O3S. The first-order valence-corrected chi connectivity index (χ1v) is 10.1. The second-order valence-electron chi connectivity index (χ2n) is 6.51. The zero-order chi connectivity index (χ0) is 19.0. The number of anilines is 1. The van der Waals surface area contributed by atoms with E-state index >= 15 is 0 Å². The van der Waals surface area contributed by atoms with Crippen molar-refractivity contribution in [2.75, 3.05) is 18.4 Å². The number of hydrogen-bond donors (Lipinski definition) is 1. The van der Waals surface area contributed by atoms with Crippen molar-refractivity contribution in [1.82, 2.24) is 18.8 Å². The average molecular weight is 385 g/mol. The van der Waals surface area contributed by atoms with Gasteiger partial charge in [-0.1, -0.05) is 0 Å². The number of fused-ring (bicyclic) bond motifs is 1. The number of hydrogen-bond acceptors (Lipinski definition) is 5. The number of rotatable bonds is 4. The van der Waals surface area contributed by atoms with Gasteiger partial charge in [-0.2, -0.15) is 4.31 Å². The van der Waals surface area contributed by atoms with Crippen molar-refractivity contribution in [3.05, 3.63) is 48.4 Å². The van der Waals surface area contributed by atoms with Crippen LogP contribution in [0.3, 0.4) is 0 Å². The Hall–Kier alpha value is -2.78. The van der Waals surface area contributed by atoms with Gasteiger partial charge in [0.1, 0.15) is 5.52 Å². The van der Waals surface area contributed by atoms with Crippen molar-refractivity contribution in [2.45, 2.75) is 17.7 Å². The van der Waals surface area contributed by atoms with Crippen molar-refractivity contribution in [3.8, 4) is 0 Å². The summed E-state index contributed by atoms with van der Waals surface area (Å²) in [5.74, 6) is -0.329. The van der Waals surface area contributed by atoms with Crippen LogP contribution in [0.2, 0.25) is 0 Å². The molecule has 0 atom stereocenters. The molecule has 27 heavy (non-hydrogen) atoms. The number of pyridine rings is 1. The van der Waals surface area contributed by atoms with E-state index in [2.05, 4.69) is 15.3 Å². The Balaban J connectivity index is 1.51. The van der Waals surface area contributed by atoms with E-state index in [0.717, 1.165) is 12.8 Å². The normalized spacial score (nSPS) is 15.3. The highest BCUT2D eigenvalue weighted by Crippen LogP contribution is 2.22. The summed E-state index contributed by atoms with van der Waals surface area (Å²) < 4.78 is 28.3. The number of nitrogens with one attached hydrogen (secondary N) is 1. The van der Waals surface area contributed by atoms with Crippen molar-refractivity contribution in [1.29, 1.82) is 0 Å². The third-order valence-corrected chi connectivity index (χ3v) is 6.54. The maximum absolute atomic E-state index is 12.5. The highest BCUT2D eigenvalue weighted by atomic mass is 32.2.